The highest BCUT2D eigenvalue weighted by Gasteiger charge is 2.46. The normalized spacial score (nSPS) is 26.5. The van der Waals surface area contributed by atoms with Gasteiger partial charge in [-0.3, -0.25) is 4.90 Å². The molecule has 0 bridgehead atoms. The molecule has 2 rings (SSSR count). The molecule has 4 heteroatoms. The molecule has 0 aromatic heterocycles. The van der Waals surface area contributed by atoms with Gasteiger partial charge in [-0.15, -0.1) is 0 Å². The van der Waals surface area contributed by atoms with Gasteiger partial charge in [-0.05, 0) is 44.5 Å². The maximum Gasteiger partial charge on any atom is 0.123 e. The van der Waals surface area contributed by atoms with E-state index in [1.165, 1.54) is 6.07 Å². The first-order valence-electron chi connectivity index (χ1n) is 6.87. The van der Waals surface area contributed by atoms with Crippen LogP contribution < -0.4 is 5.73 Å². The van der Waals surface area contributed by atoms with Gasteiger partial charge in [0.05, 0.1) is 6.10 Å². The Morgan fingerprint density at radius 1 is 1.47 bits per heavy atom. The van der Waals surface area contributed by atoms with Crippen LogP contribution in [0.5, 0.6) is 0 Å². The van der Waals surface area contributed by atoms with E-state index in [1.807, 2.05) is 13.0 Å². The van der Waals surface area contributed by atoms with E-state index < -0.39 is 0 Å². The van der Waals surface area contributed by atoms with Crippen LogP contribution in [0.2, 0.25) is 0 Å². The standard InChI is InChI=1S/C15H23FN2O/c1-3-19-14-8-15(9-14,11-17)18(2)10-12-5-4-6-13(16)7-12/h4-7,14H,3,8-11,17H2,1-2H3. The highest BCUT2D eigenvalue weighted by atomic mass is 19.1. The van der Waals surface area contributed by atoms with Gasteiger partial charge in [0, 0.05) is 25.2 Å². The van der Waals surface area contributed by atoms with Gasteiger partial charge in [-0.1, -0.05) is 12.1 Å². The Morgan fingerprint density at radius 3 is 2.79 bits per heavy atom. The molecule has 19 heavy (non-hydrogen) atoms. The highest BCUT2D eigenvalue weighted by molar-refractivity contribution is 5.17. The average Bonchev–Trinajstić information content (AvgIpc) is 2.33. The summed E-state index contributed by atoms with van der Waals surface area (Å²) in [7, 11) is 2.06. The van der Waals surface area contributed by atoms with Gasteiger partial charge >= 0.3 is 0 Å². The minimum atomic E-state index is -0.187. The number of halogens is 1. The van der Waals surface area contributed by atoms with Crippen molar-refractivity contribution in [1.82, 2.24) is 4.90 Å². The molecule has 1 saturated carbocycles. The van der Waals surface area contributed by atoms with Crippen molar-refractivity contribution >= 4 is 0 Å². The fraction of sp³-hybridized carbons (Fsp3) is 0.600. The van der Waals surface area contributed by atoms with Crippen molar-refractivity contribution in [2.45, 2.75) is 38.0 Å². The molecule has 2 N–H and O–H groups in total. The van der Waals surface area contributed by atoms with Gasteiger partial charge in [0.1, 0.15) is 5.82 Å². The SMILES string of the molecule is CCOC1CC(CN)(N(C)Cc2cccc(F)c2)C1. The molecule has 1 aromatic rings. The maximum atomic E-state index is 13.2. The molecule has 0 unspecified atom stereocenters. The summed E-state index contributed by atoms with van der Waals surface area (Å²) in [4.78, 5) is 2.23. The summed E-state index contributed by atoms with van der Waals surface area (Å²) in [5.41, 5.74) is 6.93. The number of benzene rings is 1. The molecule has 0 saturated heterocycles. The predicted octanol–water partition coefficient (Wildman–Crippen LogP) is 2.15. The largest absolute Gasteiger partial charge is 0.378 e. The van der Waals surface area contributed by atoms with Gasteiger partial charge in [0.15, 0.2) is 0 Å². The molecule has 0 atom stereocenters. The lowest BCUT2D eigenvalue weighted by Crippen LogP contribution is -2.62. The van der Waals surface area contributed by atoms with Gasteiger partial charge in [0.2, 0.25) is 0 Å². The van der Waals surface area contributed by atoms with Gasteiger partial charge < -0.3 is 10.5 Å². The third kappa shape index (κ3) is 3.14. The number of nitrogens with two attached hydrogens (primary N) is 1. The molecular formula is C15H23FN2O. The fourth-order valence-corrected chi connectivity index (χ4v) is 2.85. The molecule has 0 aliphatic heterocycles. The average molecular weight is 266 g/mol. The molecule has 0 heterocycles. The van der Waals surface area contributed by atoms with Crippen molar-refractivity contribution in [1.29, 1.82) is 0 Å². The van der Waals surface area contributed by atoms with Crippen LogP contribution in [0.1, 0.15) is 25.3 Å². The number of likely N-dealkylation sites (N-methyl/N-ethyl adjacent to an activating group) is 1. The van der Waals surface area contributed by atoms with Gasteiger partial charge in [0.25, 0.3) is 0 Å². The number of ether oxygens (including phenoxy) is 1. The van der Waals surface area contributed by atoms with Crippen LogP contribution in [0.15, 0.2) is 24.3 Å². The second kappa shape index (κ2) is 5.99. The second-order valence-corrected chi connectivity index (χ2v) is 5.40. The zero-order valence-electron chi connectivity index (χ0n) is 11.7. The van der Waals surface area contributed by atoms with E-state index in [0.29, 0.717) is 19.2 Å². The van der Waals surface area contributed by atoms with E-state index in [9.17, 15) is 4.39 Å². The molecule has 0 radical (unpaired) electrons. The lowest BCUT2D eigenvalue weighted by Gasteiger charge is -2.52. The minimum absolute atomic E-state index is 0.00611. The molecule has 106 valence electrons. The zero-order valence-corrected chi connectivity index (χ0v) is 11.7. The van der Waals surface area contributed by atoms with E-state index in [-0.39, 0.29) is 11.4 Å². The third-order valence-corrected chi connectivity index (χ3v) is 4.12. The summed E-state index contributed by atoms with van der Waals surface area (Å²) < 4.78 is 18.8. The Balaban J connectivity index is 1.97. The fourth-order valence-electron chi connectivity index (χ4n) is 2.85. The Morgan fingerprint density at radius 2 is 2.21 bits per heavy atom. The number of nitrogens with zero attached hydrogens (tertiary/aromatic N) is 1. The first-order chi connectivity index (χ1) is 9.09. The summed E-state index contributed by atoms with van der Waals surface area (Å²) in [5, 5.41) is 0. The quantitative estimate of drug-likeness (QED) is 0.857. The first kappa shape index (κ1) is 14.4. The molecule has 0 amide bonds. The van der Waals surface area contributed by atoms with Crippen molar-refractivity contribution in [2.75, 3.05) is 20.2 Å². The summed E-state index contributed by atoms with van der Waals surface area (Å²) >= 11 is 0. The monoisotopic (exact) mass is 266 g/mol. The van der Waals surface area contributed by atoms with E-state index in [4.69, 9.17) is 10.5 Å². The van der Waals surface area contributed by atoms with Crippen molar-refractivity contribution in [2.24, 2.45) is 5.73 Å². The summed E-state index contributed by atoms with van der Waals surface area (Å²) in [6, 6.07) is 6.75. The molecule has 1 fully saturated rings. The van der Waals surface area contributed by atoms with Crippen LogP contribution in [0.25, 0.3) is 0 Å². The first-order valence-corrected chi connectivity index (χ1v) is 6.87. The smallest absolute Gasteiger partial charge is 0.123 e. The summed E-state index contributed by atoms with van der Waals surface area (Å²) in [6.45, 7) is 4.09. The molecule has 1 aliphatic carbocycles. The minimum Gasteiger partial charge on any atom is -0.378 e. The van der Waals surface area contributed by atoms with E-state index in [0.717, 1.165) is 25.0 Å². The topological polar surface area (TPSA) is 38.5 Å². The van der Waals surface area contributed by atoms with Crippen molar-refractivity contribution in [3.05, 3.63) is 35.6 Å². The van der Waals surface area contributed by atoms with Crippen molar-refractivity contribution in [3.8, 4) is 0 Å². The molecule has 0 spiro atoms. The number of rotatable bonds is 6. The maximum absolute atomic E-state index is 13.2. The Kier molecular flexibility index (Phi) is 4.55. The van der Waals surface area contributed by atoms with Crippen molar-refractivity contribution in [3.63, 3.8) is 0 Å². The Labute approximate surface area is 114 Å². The number of hydrogen-bond donors (Lipinski definition) is 1. The van der Waals surface area contributed by atoms with Crippen molar-refractivity contribution < 1.29 is 9.13 Å². The van der Waals surface area contributed by atoms with Gasteiger partial charge in [-0.25, -0.2) is 4.39 Å². The van der Waals surface area contributed by atoms with Crippen LogP contribution in [0.3, 0.4) is 0 Å². The van der Waals surface area contributed by atoms with E-state index in [2.05, 4.69) is 11.9 Å². The predicted molar refractivity (Wildman–Crippen MR) is 74.3 cm³/mol. The van der Waals surface area contributed by atoms with Crippen LogP contribution >= 0.6 is 0 Å². The second-order valence-electron chi connectivity index (χ2n) is 5.40. The van der Waals surface area contributed by atoms with Crippen LogP contribution in [-0.4, -0.2) is 36.7 Å². The van der Waals surface area contributed by atoms with Gasteiger partial charge in [-0.2, -0.15) is 0 Å². The third-order valence-electron chi connectivity index (χ3n) is 4.12. The number of hydrogen-bond acceptors (Lipinski definition) is 3. The van der Waals surface area contributed by atoms with Crippen LogP contribution in [-0.2, 0) is 11.3 Å². The summed E-state index contributed by atoms with van der Waals surface area (Å²) in [5.74, 6) is -0.187. The lowest BCUT2D eigenvalue weighted by atomic mass is 9.73. The Bertz CT molecular complexity index is 418. The molecule has 3 nitrogen and oxygen atoms in total. The molecule has 1 aliphatic rings. The Hall–Kier alpha value is -0.970. The van der Waals surface area contributed by atoms with E-state index >= 15 is 0 Å². The van der Waals surface area contributed by atoms with Crippen LogP contribution in [0, 0.1) is 5.82 Å². The zero-order chi connectivity index (χ0) is 13.9. The molecule has 1 aromatic carbocycles. The van der Waals surface area contributed by atoms with Crippen LogP contribution in [0.4, 0.5) is 4.39 Å². The lowest BCUT2D eigenvalue weighted by molar-refractivity contribution is -0.0948. The highest BCUT2D eigenvalue weighted by Crippen LogP contribution is 2.39. The summed E-state index contributed by atoms with van der Waals surface area (Å²) in [6.07, 6.45) is 2.25. The molecular weight excluding hydrogens is 243 g/mol. The van der Waals surface area contributed by atoms with E-state index in [1.54, 1.807) is 12.1 Å².